The van der Waals surface area contributed by atoms with Gasteiger partial charge in [-0.2, -0.15) is 10.4 Å². The van der Waals surface area contributed by atoms with Gasteiger partial charge in [-0.25, -0.2) is 4.68 Å². The van der Waals surface area contributed by atoms with Crippen LogP contribution in [0.2, 0.25) is 0 Å². The molecule has 1 aromatic rings. The Morgan fingerprint density at radius 3 is 2.96 bits per heavy atom. The first-order chi connectivity index (χ1) is 10.9. The van der Waals surface area contributed by atoms with Gasteiger partial charge in [-0.05, 0) is 31.2 Å². The SMILES string of the molecule is Cn1nc2c(cc1=O)CN(CC(=O)N[C@](C)(C#N)C1CC1)CC2. The fourth-order valence-electron chi connectivity index (χ4n) is 3.10. The molecule has 0 saturated heterocycles. The van der Waals surface area contributed by atoms with Gasteiger partial charge in [-0.3, -0.25) is 14.5 Å². The monoisotopic (exact) mass is 315 g/mol. The van der Waals surface area contributed by atoms with Gasteiger partial charge in [0.2, 0.25) is 5.91 Å². The molecule has 1 aliphatic carbocycles. The first-order valence-electron chi connectivity index (χ1n) is 7.92. The molecule has 0 unspecified atom stereocenters. The summed E-state index contributed by atoms with van der Waals surface area (Å²) in [4.78, 5) is 26.0. The van der Waals surface area contributed by atoms with Gasteiger partial charge in [0, 0.05) is 32.6 Å². The number of hydrogen-bond acceptors (Lipinski definition) is 5. The Hall–Kier alpha value is -2.20. The zero-order chi connectivity index (χ0) is 16.6. The summed E-state index contributed by atoms with van der Waals surface area (Å²) in [6, 6.07) is 3.83. The molecule has 0 spiro atoms. The van der Waals surface area contributed by atoms with Crippen molar-refractivity contribution in [1.82, 2.24) is 20.0 Å². The summed E-state index contributed by atoms with van der Waals surface area (Å²) in [7, 11) is 1.64. The van der Waals surface area contributed by atoms with Crippen LogP contribution >= 0.6 is 0 Å². The molecule has 7 nitrogen and oxygen atoms in total. The van der Waals surface area contributed by atoms with E-state index in [-0.39, 0.29) is 23.9 Å². The Bertz CT molecular complexity index is 731. The number of nitriles is 1. The normalized spacial score (nSPS) is 20.2. The number of nitrogens with one attached hydrogen (secondary N) is 1. The van der Waals surface area contributed by atoms with Crippen molar-refractivity contribution < 1.29 is 4.79 Å². The summed E-state index contributed by atoms with van der Waals surface area (Å²) in [5.41, 5.74) is 0.907. The van der Waals surface area contributed by atoms with Crippen molar-refractivity contribution in [1.29, 1.82) is 5.26 Å². The standard InChI is InChI=1S/C16H21N5O2/c1-16(10-17,12-3-4-12)18-14(22)9-21-6-5-13-11(8-21)7-15(23)20(2)19-13/h7,12H,3-6,8-9H2,1-2H3,(H,18,22)/t16-/m1/s1. The predicted octanol–water partition coefficient (Wildman–Crippen LogP) is -0.0531. The molecule has 122 valence electrons. The molecule has 0 aromatic carbocycles. The molecule has 1 aliphatic heterocycles. The Morgan fingerprint density at radius 1 is 1.57 bits per heavy atom. The van der Waals surface area contributed by atoms with E-state index in [1.54, 1.807) is 20.0 Å². The van der Waals surface area contributed by atoms with Crippen LogP contribution in [0.5, 0.6) is 0 Å². The number of aromatic nitrogens is 2. The molecule has 2 aliphatic rings. The van der Waals surface area contributed by atoms with Gasteiger partial charge < -0.3 is 5.32 Å². The van der Waals surface area contributed by atoms with E-state index in [1.807, 2.05) is 4.90 Å². The molecule has 0 bridgehead atoms. The van der Waals surface area contributed by atoms with Crippen LogP contribution in [0.15, 0.2) is 10.9 Å². The number of amides is 1. The predicted molar refractivity (Wildman–Crippen MR) is 83.3 cm³/mol. The summed E-state index contributed by atoms with van der Waals surface area (Å²) in [5.74, 6) is 0.131. The second-order valence-corrected chi connectivity index (χ2v) is 6.68. The second-order valence-electron chi connectivity index (χ2n) is 6.68. The van der Waals surface area contributed by atoms with E-state index in [1.165, 1.54) is 4.68 Å². The zero-order valence-electron chi connectivity index (χ0n) is 13.5. The number of carbonyl (C=O) groups is 1. The van der Waals surface area contributed by atoms with E-state index < -0.39 is 5.54 Å². The smallest absolute Gasteiger partial charge is 0.266 e. The van der Waals surface area contributed by atoms with Gasteiger partial charge in [0.1, 0.15) is 5.54 Å². The number of aryl methyl sites for hydroxylation is 1. The van der Waals surface area contributed by atoms with Crippen molar-refractivity contribution in [2.75, 3.05) is 13.1 Å². The van der Waals surface area contributed by atoms with Crippen LogP contribution in [-0.4, -0.2) is 39.2 Å². The third-order valence-corrected chi connectivity index (χ3v) is 4.71. The molecular weight excluding hydrogens is 294 g/mol. The third kappa shape index (κ3) is 3.27. The molecule has 1 N–H and O–H groups in total. The number of rotatable bonds is 4. The summed E-state index contributed by atoms with van der Waals surface area (Å²) < 4.78 is 1.34. The highest BCUT2D eigenvalue weighted by Gasteiger charge is 2.43. The molecule has 0 radical (unpaired) electrons. The number of hydrogen-bond donors (Lipinski definition) is 1. The van der Waals surface area contributed by atoms with E-state index in [9.17, 15) is 14.9 Å². The van der Waals surface area contributed by atoms with E-state index >= 15 is 0 Å². The number of fused-ring (bicyclic) bond motifs is 1. The average molecular weight is 315 g/mol. The highest BCUT2D eigenvalue weighted by Crippen LogP contribution is 2.39. The zero-order valence-corrected chi connectivity index (χ0v) is 13.5. The van der Waals surface area contributed by atoms with Gasteiger partial charge in [-0.15, -0.1) is 0 Å². The van der Waals surface area contributed by atoms with Crippen molar-refractivity contribution in [2.24, 2.45) is 13.0 Å². The second kappa shape index (κ2) is 5.78. The van der Waals surface area contributed by atoms with Crippen LogP contribution in [0.25, 0.3) is 0 Å². The lowest BCUT2D eigenvalue weighted by Crippen LogP contribution is -2.50. The van der Waals surface area contributed by atoms with Gasteiger partial charge in [0.05, 0.1) is 18.3 Å². The maximum Gasteiger partial charge on any atom is 0.266 e. The van der Waals surface area contributed by atoms with Crippen molar-refractivity contribution in [2.45, 2.75) is 38.3 Å². The summed E-state index contributed by atoms with van der Waals surface area (Å²) in [5, 5.41) is 16.5. The van der Waals surface area contributed by atoms with Gasteiger partial charge in [0.15, 0.2) is 0 Å². The lowest BCUT2D eigenvalue weighted by atomic mass is 9.98. The largest absolute Gasteiger partial charge is 0.337 e. The fourth-order valence-corrected chi connectivity index (χ4v) is 3.10. The maximum atomic E-state index is 12.3. The highest BCUT2D eigenvalue weighted by atomic mass is 16.2. The van der Waals surface area contributed by atoms with Gasteiger partial charge in [-0.1, -0.05) is 0 Å². The fraction of sp³-hybridized carbons (Fsp3) is 0.625. The first kappa shape index (κ1) is 15.7. The summed E-state index contributed by atoms with van der Waals surface area (Å²) in [6.45, 7) is 3.29. The Labute approximate surface area is 134 Å². The van der Waals surface area contributed by atoms with Crippen LogP contribution in [0.4, 0.5) is 0 Å². The highest BCUT2D eigenvalue weighted by molar-refractivity contribution is 5.79. The molecule has 1 aromatic heterocycles. The van der Waals surface area contributed by atoms with Crippen LogP contribution < -0.4 is 10.9 Å². The number of nitrogens with zero attached hydrogens (tertiary/aromatic N) is 4. The van der Waals surface area contributed by atoms with Crippen molar-refractivity contribution in [3.63, 3.8) is 0 Å². The Kier molecular flexibility index (Phi) is 3.94. The summed E-state index contributed by atoms with van der Waals surface area (Å²) >= 11 is 0. The molecule has 1 atom stereocenters. The van der Waals surface area contributed by atoms with E-state index in [4.69, 9.17) is 0 Å². The molecular formula is C16H21N5O2. The van der Waals surface area contributed by atoms with Crippen LogP contribution in [-0.2, 0) is 24.8 Å². The summed E-state index contributed by atoms with van der Waals surface area (Å²) in [6.07, 6.45) is 2.71. The minimum Gasteiger partial charge on any atom is -0.337 e. The average Bonchev–Trinajstić information content (AvgIpc) is 3.33. The minimum absolute atomic E-state index is 0.138. The van der Waals surface area contributed by atoms with Crippen molar-refractivity contribution >= 4 is 5.91 Å². The van der Waals surface area contributed by atoms with Crippen LogP contribution in [0, 0.1) is 17.2 Å². The van der Waals surface area contributed by atoms with Gasteiger partial charge >= 0.3 is 0 Å². The van der Waals surface area contributed by atoms with Crippen molar-refractivity contribution in [3.05, 3.63) is 27.7 Å². The molecule has 2 heterocycles. The molecule has 3 rings (SSSR count). The molecule has 1 fully saturated rings. The maximum absolute atomic E-state index is 12.3. The Morgan fingerprint density at radius 2 is 2.30 bits per heavy atom. The van der Waals surface area contributed by atoms with Crippen LogP contribution in [0.3, 0.4) is 0 Å². The van der Waals surface area contributed by atoms with Gasteiger partial charge in [0.25, 0.3) is 5.56 Å². The van der Waals surface area contributed by atoms with E-state index in [2.05, 4.69) is 16.5 Å². The van der Waals surface area contributed by atoms with E-state index in [0.717, 1.165) is 37.1 Å². The third-order valence-electron chi connectivity index (χ3n) is 4.71. The molecule has 7 heteroatoms. The lowest BCUT2D eigenvalue weighted by molar-refractivity contribution is -0.123. The first-order valence-corrected chi connectivity index (χ1v) is 7.92. The lowest BCUT2D eigenvalue weighted by Gasteiger charge is -2.29. The van der Waals surface area contributed by atoms with Crippen molar-refractivity contribution in [3.8, 4) is 6.07 Å². The molecule has 1 amide bonds. The Balaban J connectivity index is 1.63. The topological polar surface area (TPSA) is 91.0 Å². The molecule has 23 heavy (non-hydrogen) atoms. The number of carbonyl (C=O) groups excluding carboxylic acids is 1. The minimum atomic E-state index is -0.762. The van der Waals surface area contributed by atoms with Crippen LogP contribution in [0.1, 0.15) is 31.0 Å². The van der Waals surface area contributed by atoms with E-state index in [0.29, 0.717) is 6.54 Å². The molecule has 1 saturated carbocycles. The quantitative estimate of drug-likeness (QED) is 0.841.